The first kappa shape index (κ1) is 28.8. The van der Waals surface area contributed by atoms with Gasteiger partial charge in [0.15, 0.2) is 0 Å². The first-order valence-corrected chi connectivity index (χ1v) is 12.7. The topological polar surface area (TPSA) is 122 Å². The fraction of sp³-hybridized carbons (Fsp3) is 0.667. The van der Waals surface area contributed by atoms with E-state index in [1.165, 1.54) is 6.92 Å². The molecule has 4 N–H and O–H groups in total. The Morgan fingerprint density at radius 3 is 2.63 bits per heavy atom. The lowest BCUT2D eigenvalue weighted by Gasteiger charge is -2.37. The Bertz CT molecular complexity index is 872. The molecule has 0 aliphatic carbocycles. The number of unbranched alkanes of at least 4 members (excludes halogenated alkanes) is 1. The average Bonchev–Trinajstić information content (AvgIpc) is 2.77. The summed E-state index contributed by atoms with van der Waals surface area (Å²) >= 11 is 0. The van der Waals surface area contributed by atoms with Gasteiger partial charge in [-0.25, -0.2) is 0 Å². The van der Waals surface area contributed by atoms with E-state index in [-0.39, 0.29) is 42.6 Å². The van der Waals surface area contributed by atoms with Crippen molar-refractivity contribution in [3.63, 3.8) is 0 Å². The highest BCUT2D eigenvalue weighted by Gasteiger charge is 2.35. The zero-order chi connectivity index (χ0) is 26.2. The van der Waals surface area contributed by atoms with Crippen LogP contribution in [0.25, 0.3) is 0 Å². The van der Waals surface area contributed by atoms with Gasteiger partial charge in [0.1, 0.15) is 6.10 Å². The van der Waals surface area contributed by atoms with Gasteiger partial charge in [0.05, 0.1) is 12.6 Å². The number of esters is 1. The fourth-order valence-electron chi connectivity index (χ4n) is 4.67. The molecule has 8 nitrogen and oxygen atoms in total. The molecule has 8 heteroatoms. The number of rotatable bonds is 12. The summed E-state index contributed by atoms with van der Waals surface area (Å²) in [7, 11) is 0. The molecule has 35 heavy (non-hydrogen) atoms. The van der Waals surface area contributed by atoms with E-state index >= 15 is 0 Å². The lowest BCUT2D eigenvalue weighted by molar-refractivity contribution is -0.146. The van der Waals surface area contributed by atoms with E-state index in [0.717, 1.165) is 24.1 Å². The van der Waals surface area contributed by atoms with Gasteiger partial charge in [0.2, 0.25) is 11.8 Å². The third kappa shape index (κ3) is 8.93. The van der Waals surface area contributed by atoms with E-state index in [1.54, 1.807) is 11.8 Å². The molecule has 0 bridgehead atoms. The predicted molar refractivity (Wildman–Crippen MR) is 137 cm³/mol. The van der Waals surface area contributed by atoms with E-state index in [0.29, 0.717) is 25.9 Å². The van der Waals surface area contributed by atoms with Crippen molar-refractivity contribution in [1.82, 2.24) is 5.32 Å². The van der Waals surface area contributed by atoms with Crippen LogP contribution in [0.1, 0.15) is 72.3 Å². The Morgan fingerprint density at radius 2 is 1.97 bits per heavy atom. The van der Waals surface area contributed by atoms with Gasteiger partial charge < -0.3 is 25.8 Å². The zero-order valence-corrected chi connectivity index (χ0v) is 21.9. The molecule has 1 aliphatic heterocycles. The number of fused-ring (bicyclic) bond motifs is 1. The monoisotopic (exact) mass is 489 g/mol. The number of hydrogen-bond acceptors (Lipinski definition) is 6. The van der Waals surface area contributed by atoms with E-state index in [9.17, 15) is 19.5 Å². The second-order valence-electron chi connectivity index (χ2n) is 10.6. The lowest BCUT2D eigenvalue weighted by atomic mass is 9.79. The molecule has 1 aliphatic rings. The normalized spacial score (nSPS) is 18.3. The number of aliphatic hydroxyl groups is 1. The van der Waals surface area contributed by atoms with E-state index in [4.69, 9.17) is 10.5 Å². The molecule has 0 fully saturated rings. The number of anilines is 1. The maximum atomic E-state index is 13.4. The van der Waals surface area contributed by atoms with Gasteiger partial charge >= 0.3 is 5.97 Å². The summed E-state index contributed by atoms with van der Waals surface area (Å²) in [4.78, 5) is 38.8. The summed E-state index contributed by atoms with van der Waals surface area (Å²) in [6.45, 7) is 10.1. The van der Waals surface area contributed by atoms with Crippen LogP contribution < -0.4 is 16.0 Å². The molecule has 0 saturated heterocycles. The minimum Gasteiger partial charge on any atom is -0.460 e. The molecule has 0 unspecified atom stereocenters. The lowest BCUT2D eigenvalue weighted by Crippen LogP contribution is -2.46. The maximum absolute atomic E-state index is 13.4. The predicted octanol–water partition coefficient (Wildman–Crippen LogP) is 2.94. The van der Waals surface area contributed by atoms with Crippen LogP contribution in [-0.4, -0.2) is 54.2 Å². The van der Waals surface area contributed by atoms with Crippen LogP contribution in [0.2, 0.25) is 0 Å². The molecule has 0 radical (unpaired) electrons. The third-order valence-corrected chi connectivity index (χ3v) is 6.53. The van der Waals surface area contributed by atoms with Crippen LogP contribution in [0.15, 0.2) is 24.3 Å². The summed E-state index contributed by atoms with van der Waals surface area (Å²) in [6, 6.07) is 7.09. The van der Waals surface area contributed by atoms with Crippen LogP contribution in [0.5, 0.6) is 0 Å². The minimum absolute atomic E-state index is 0.0785. The largest absolute Gasteiger partial charge is 0.460 e. The second kappa shape index (κ2) is 13.0. The van der Waals surface area contributed by atoms with Crippen molar-refractivity contribution in [2.45, 2.75) is 91.4 Å². The number of carbonyl (C=O) groups excluding carboxylic acids is 3. The van der Waals surface area contributed by atoms with Crippen molar-refractivity contribution in [3.05, 3.63) is 29.8 Å². The molecular weight excluding hydrogens is 446 g/mol. The first-order chi connectivity index (χ1) is 16.4. The summed E-state index contributed by atoms with van der Waals surface area (Å²) in [5, 5.41) is 13.5. The second-order valence-corrected chi connectivity index (χ2v) is 10.6. The Labute approximate surface area is 209 Å². The Hall–Kier alpha value is -2.45. The quantitative estimate of drug-likeness (QED) is 0.307. The summed E-state index contributed by atoms with van der Waals surface area (Å²) in [6.07, 6.45) is 2.18. The first-order valence-electron chi connectivity index (χ1n) is 12.7. The van der Waals surface area contributed by atoms with Crippen LogP contribution in [0, 0.1) is 11.3 Å². The van der Waals surface area contributed by atoms with Crippen molar-refractivity contribution in [2.75, 3.05) is 18.0 Å². The summed E-state index contributed by atoms with van der Waals surface area (Å²) in [5.41, 5.74) is 7.64. The number of aliphatic hydroxyl groups excluding tert-OH is 1. The van der Waals surface area contributed by atoms with Gasteiger partial charge in [-0.3, -0.25) is 14.4 Å². The minimum atomic E-state index is -0.847. The van der Waals surface area contributed by atoms with Crippen LogP contribution >= 0.6 is 0 Å². The molecule has 2 amide bonds. The molecule has 1 heterocycles. The molecular formula is C27H43N3O5. The number of amides is 2. The number of hydrogen-bond donors (Lipinski definition) is 3. The highest BCUT2D eigenvalue weighted by atomic mass is 16.5. The van der Waals surface area contributed by atoms with E-state index in [2.05, 4.69) is 12.2 Å². The molecule has 0 spiro atoms. The summed E-state index contributed by atoms with van der Waals surface area (Å²) < 4.78 is 5.42. The van der Waals surface area contributed by atoms with Crippen molar-refractivity contribution >= 4 is 23.5 Å². The number of carbonyl (C=O) groups is 3. The number of benzene rings is 1. The number of nitrogens with zero attached hydrogens (tertiary/aromatic N) is 1. The van der Waals surface area contributed by atoms with Gasteiger partial charge in [-0.2, -0.15) is 0 Å². The SMILES string of the molecule is CCCCNC(=O)[C@H](C)C[C@H](O)[C@@H](N)CC(C)(C)CC(=O)N1C[C@H](OC(C)=O)Cc2ccccc21. The van der Waals surface area contributed by atoms with Gasteiger partial charge in [0, 0.05) is 44.0 Å². The number of ether oxygens (including phenoxy) is 1. The van der Waals surface area contributed by atoms with E-state index < -0.39 is 17.6 Å². The smallest absolute Gasteiger partial charge is 0.302 e. The molecule has 4 atom stereocenters. The average molecular weight is 490 g/mol. The molecule has 2 rings (SSSR count). The van der Waals surface area contributed by atoms with Crippen LogP contribution in [0.4, 0.5) is 5.69 Å². The highest BCUT2D eigenvalue weighted by molar-refractivity contribution is 5.95. The van der Waals surface area contributed by atoms with Gasteiger partial charge in [-0.15, -0.1) is 0 Å². The fourth-order valence-corrected chi connectivity index (χ4v) is 4.67. The van der Waals surface area contributed by atoms with Crippen LogP contribution in [-0.2, 0) is 25.5 Å². The van der Waals surface area contributed by atoms with Gasteiger partial charge in [-0.1, -0.05) is 52.3 Å². The number of para-hydroxylation sites is 1. The Balaban J connectivity index is 1.98. The molecule has 1 aromatic rings. The zero-order valence-electron chi connectivity index (χ0n) is 21.9. The number of nitrogens with two attached hydrogens (primary N) is 1. The standard InChI is InChI=1S/C27H43N3O5/c1-6-7-12-29-26(34)18(2)13-24(32)22(28)15-27(4,5)16-25(33)30-17-21(35-19(3)31)14-20-10-8-9-11-23(20)30/h8-11,18,21-22,24,32H,6-7,12-17,28H2,1-5H3,(H,29,34)/t18-,21-,22+,24+/m1/s1. The van der Waals surface area contributed by atoms with Crippen molar-refractivity contribution in [2.24, 2.45) is 17.1 Å². The molecule has 0 aromatic heterocycles. The van der Waals surface area contributed by atoms with E-state index in [1.807, 2.05) is 38.1 Å². The molecule has 196 valence electrons. The Kier molecular flexibility index (Phi) is 10.7. The summed E-state index contributed by atoms with van der Waals surface area (Å²) in [5.74, 6) is -0.869. The van der Waals surface area contributed by atoms with Crippen LogP contribution in [0.3, 0.4) is 0 Å². The van der Waals surface area contributed by atoms with Gasteiger partial charge in [0.25, 0.3) is 0 Å². The number of nitrogens with one attached hydrogen (secondary N) is 1. The molecule has 1 aromatic carbocycles. The van der Waals surface area contributed by atoms with Crippen molar-refractivity contribution in [3.8, 4) is 0 Å². The molecule has 0 saturated carbocycles. The Morgan fingerprint density at radius 1 is 1.29 bits per heavy atom. The van der Waals surface area contributed by atoms with Crippen molar-refractivity contribution in [1.29, 1.82) is 0 Å². The maximum Gasteiger partial charge on any atom is 0.302 e. The third-order valence-electron chi connectivity index (χ3n) is 6.53. The van der Waals surface area contributed by atoms with Gasteiger partial charge in [-0.05, 0) is 36.3 Å². The van der Waals surface area contributed by atoms with Crippen molar-refractivity contribution < 1.29 is 24.2 Å². The highest BCUT2D eigenvalue weighted by Crippen LogP contribution is 2.33.